The molecule has 0 aliphatic heterocycles. The Morgan fingerprint density at radius 1 is 1.58 bits per heavy atom. The Morgan fingerprint density at radius 3 is 3.00 bits per heavy atom. The van der Waals surface area contributed by atoms with Crippen molar-refractivity contribution in [2.24, 2.45) is 0 Å². The third-order valence-electron chi connectivity index (χ3n) is 1.04. The first-order chi connectivity index (χ1) is 5.79. The third-order valence-corrected chi connectivity index (χ3v) is 1.79. The van der Waals surface area contributed by atoms with E-state index in [1.54, 1.807) is 6.20 Å². The number of pyridine rings is 1. The zero-order chi connectivity index (χ0) is 8.81. The first kappa shape index (κ1) is 8.80. The van der Waals surface area contributed by atoms with Crippen LogP contribution in [0.4, 0.5) is 0 Å². The van der Waals surface area contributed by atoms with Crippen LogP contribution in [-0.4, -0.2) is 16.1 Å². The van der Waals surface area contributed by atoms with E-state index in [1.807, 2.05) is 18.2 Å². The fourth-order valence-electron chi connectivity index (χ4n) is 0.579. The van der Waals surface area contributed by atoms with Crippen LogP contribution in [0.15, 0.2) is 40.9 Å². The highest BCUT2D eigenvalue weighted by atomic mass is 32.2. The SMILES string of the molecule is O=C(O)C=CSc1ccccn1. The molecule has 0 atom stereocenters. The summed E-state index contributed by atoms with van der Waals surface area (Å²) in [5, 5.41) is 10.5. The molecule has 0 bridgehead atoms. The molecule has 0 radical (unpaired) electrons. The lowest BCUT2D eigenvalue weighted by Gasteiger charge is -1.90. The number of hydrogen-bond donors (Lipinski definition) is 1. The predicted molar refractivity (Wildman–Crippen MR) is 46.9 cm³/mol. The maximum atomic E-state index is 10.1. The fraction of sp³-hybridized carbons (Fsp3) is 0. The van der Waals surface area contributed by atoms with Gasteiger partial charge in [0, 0.05) is 12.3 Å². The molecule has 1 N–H and O–H groups in total. The second-order valence-electron chi connectivity index (χ2n) is 1.93. The van der Waals surface area contributed by atoms with Crippen LogP contribution in [0.25, 0.3) is 0 Å². The fourth-order valence-corrected chi connectivity index (χ4v) is 1.18. The van der Waals surface area contributed by atoms with Gasteiger partial charge in [0.15, 0.2) is 0 Å². The van der Waals surface area contributed by atoms with Crippen LogP contribution in [0.5, 0.6) is 0 Å². The van der Waals surface area contributed by atoms with Gasteiger partial charge in [-0.1, -0.05) is 17.8 Å². The summed E-state index contributed by atoms with van der Waals surface area (Å²) in [6, 6.07) is 5.48. The largest absolute Gasteiger partial charge is 0.478 e. The lowest BCUT2D eigenvalue weighted by atomic mass is 10.5. The minimum absolute atomic E-state index is 0.787. The number of carbonyl (C=O) groups is 1. The third kappa shape index (κ3) is 3.21. The van der Waals surface area contributed by atoms with Gasteiger partial charge < -0.3 is 5.11 Å². The average molecular weight is 181 g/mol. The van der Waals surface area contributed by atoms with Crippen molar-refractivity contribution in [3.05, 3.63) is 35.9 Å². The van der Waals surface area contributed by atoms with Crippen molar-refractivity contribution >= 4 is 17.7 Å². The number of carboxylic acids is 1. The zero-order valence-electron chi connectivity index (χ0n) is 6.18. The van der Waals surface area contributed by atoms with E-state index in [-0.39, 0.29) is 0 Å². The van der Waals surface area contributed by atoms with Crippen molar-refractivity contribution in [2.45, 2.75) is 5.03 Å². The lowest BCUT2D eigenvalue weighted by Crippen LogP contribution is -1.84. The van der Waals surface area contributed by atoms with Crippen LogP contribution in [0, 0.1) is 0 Å². The van der Waals surface area contributed by atoms with Crippen molar-refractivity contribution < 1.29 is 9.90 Å². The Labute approximate surface area is 74.1 Å². The van der Waals surface area contributed by atoms with Crippen LogP contribution < -0.4 is 0 Å². The zero-order valence-corrected chi connectivity index (χ0v) is 6.99. The Bertz CT molecular complexity index is 284. The summed E-state index contributed by atoms with van der Waals surface area (Å²) >= 11 is 1.28. The molecule has 4 heteroatoms. The number of carboxylic acid groups (broad SMARTS) is 1. The molecule has 1 heterocycles. The first-order valence-corrected chi connectivity index (χ1v) is 4.14. The summed E-state index contributed by atoms with van der Waals surface area (Å²) in [6.07, 6.45) is 2.75. The van der Waals surface area contributed by atoms with E-state index in [0.717, 1.165) is 11.1 Å². The molecule has 0 unspecified atom stereocenters. The molecule has 12 heavy (non-hydrogen) atoms. The van der Waals surface area contributed by atoms with E-state index in [2.05, 4.69) is 4.98 Å². The standard InChI is InChI=1S/C8H7NO2S/c10-8(11)4-6-12-7-3-1-2-5-9-7/h1-6H,(H,10,11). The van der Waals surface area contributed by atoms with Crippen LogP contribution in [0.1, 0.15) is 0 Å². The molecule has 3 nitrogen and oxygen atoms in total. The smallest absolute Gasteiger partial charge is 0.328 e. The number of rotatable bonds is 3. The van der Waals surface area contributed by atoms with E-state index in [4.69, 9.17) is 5.11 Å². The van der Waals surface area contributed by atoms with E-state index in [1.165, 1.54) is 17.2 Å². The van der Waals surface area contributed by atoms with Gasteiger partial charge in [-0.25, -0.2) is 9.78 Å². The number of hydrogen-bond acceptors (Lipinski definition) is 3. The summed E-state index contributed by atoms with van der Waals surface area (Å²) in [5.41, 5.74) is 0. The maximum absolute atomic E-state index is 10.1. The second kappa shape index (κ2) is 4.56. The van der Waals surface area contributed by atoms with Gasteiger partial charge in [-0.15, -0.1) is 0 Å². The van der Waals surface area contributed by atoms with Crippen molar-refractivity contribution in [2.75, 3.05) is 0 Å². The van der Waals surface area contributed by atoms with Crippen molar-refractivity contribution in [3.63, 3.8) is 0 Å². The van der Waals surface area contributed by atoms with Gasteiger partial charge in [-0.3, -0.25) is 0 Å². The molecular weight excluding hydrogens is 174 g/mol. The van der Waals surface area contributed by atoms with Crippen LogP contribution >= 0.6 is 11.8 Å². The van der Waals surface area contributed by atoms with Crippen LogP contribution in [0.2, 0.25) is 0 Å². The summed E-state index contributed by atoms with van der Waals surface area (Å²) in [5.74, 6) is -0.946. The first-order valence-electron chi connectivity index (χ1n) is 3.26. The average Bonchev–Trinajstić information content (AvgIpc) is 2.05. The van der Waals surface area contributed by atoms with Crippen molar-refractivity contribution in [1.29, 1.82) is 0 Å². The molecule has 1 rings (SSSR count). The number of aliphatic carboxylic acids is 1. The lowest BCUT2D eigenvalue weighted by molar-refractivity contribution is -0.131. The number of thioether (sulfide) groups is 1. The quantitative estimate of drug-likeness (QED) is 0.570. The summed E-state index contributed by atoms with van der Waals surface area (Å²) in [4.78, 5) is 14.1. The Balaban J connectivity index is 2.49. The molecule has 0 amide bonds. The highest BCUT2D eigenvalue weighted by Crippen LogP contribution is 2.14. The molecule has 0 saturated carbocycles. The Morgan fingerprint density at radius 2 is 2.42 bits per heavy atom. The summed E-state index contributed by atoms with van der Waals surface area (Å²) in [6.45, 7) is 0. The normalized spacial score (nSPS) is 10.3. The van der Waals surface area contributed by atoms with E-state index < -0.39 is 5.97 Å². The highest BCUT2D eigenvalue weighted by Gasteiger charge is 1.89. The molecule has 0 fully saturated rings. The van der Waals surface area contributed by atoms with Gasteiger partial charge >= 0.3 is 5.97 Å². The van der Waals surface area contributed by atoms with E-state index in [0.29, 0.717) is 0 Å². The molecule has 62 valence electrons. The summed E-state index contributed by atoms with van der Waals surface area (Å²) in [7, 11) is 0. The molecule has 0 aliphatic rings. The molecule has 0 aromatic carbocycles. The van der Waals surface area contributed by atoms with E-state index in [9.17, 15) is 4.79 Å². The van der Waals surface area contributed by atoms with Crippen molar-refractivity contribution in [1.82, 2.24) is 4.98 Å². The Kier molecular flexibility index (Phi) is 3.35. The topological polar surface area (TPSA) is 50.2 Å². The van der Waals surface area contributed by atoms with Gasteiger partial charge in [0.05, 0.1) is 0 Å². The maximum Gasteiger partial charge on any atom is 0.328 e. The number of nitrogens with zero attached hydrogens (tertiary/aromatic N) is 1. The molecule has 1 aromatic rings. The second-order valence-corrected chi connectivity index (χ2v) is 2.85. The van der Waals surface area contributed by atoms with Crippen LogP contribution in [0.3, 0.4) is 0 Å². The van der Waals surface area contributed by atoms with Gasteiger partial charge in [0.2, 0.25) is 0 Å². The van der Waals surface area contributed by atoms with Gasteiger partial charge in [-0.2, -0.15) is 0 Å². The van der Waals surface area contributed by atoms with Gasteiger partial charge in [0.1, 0.15) is 5.03 Å². The minimum atomic E-state index is -0.946. The van der Waals surface area contributed by atoms with Crippen LogP contribution in [-0.2, 0) is 4.79 Å². The van der Waals surface area contributed by atoms with Gasteiger partial charge in [-0.05, 0) is 17.5 Å². The molecule has 0 saturated heterocycles. The molecule has 0 aliphatic carbocycles. The monoisotopic (exact) mass is 181 g/mol. The number of aromatic nitrogens is 1. The van der Waals surface area contributed by atoms with Gasteiger partial charge in [0.25, 0.3) is 0 Å². The summed E-state index contributed by atoms with van der Waals surface area (Å²) < 4.78 is 0. The Hall–Kier alpha value is -1.29. The molecule has 1 aromatic heterocycles. The molecule has 0 spiro atoms. The predicted octanol–water partition coefficient (Wildman–Crippen LogP) is 1.77. The molecular formula is C8H7NO2S. The van der Waals surface area contributed by atoms with Crippen molar-refractivity contribution in [3.8, 4) is 0 Å². The van der Waals surface area contributed by atoms with E-state index >= 15 is 0 Å². The minimum Gasteiger partial charge on any atom is -0.478 e. The highest BCUT2D eigenvalue weighted by molar-refractivity contribution is 8.02.